The Morgan fingerprint density at radius 3 is 2.00 bits per heavy atom. The Hall–Kier alpha value is -3.10. The van der Waals surface area contributed by atoms with Gasteiger partial charge < -0.3 is 0 Å². The molecule has 0 spiro atoms. The molecule has 0 unspecified atom stereocenters. The average molecular weight is 254 g/mol. The van der Waals surface area contributed by atoms with E-state index in [9.17, 15) is 10.5 Å². The molecule has 0 aliphatic rings. The Morgan fingerprint density at radius 2 is 1.35 bits per heavy atom. The Balaban J connectivity index is 2.45. The summed E-state index contributed by atoms with van der Waals surface area (Å²) in [5.41, 5.74) is 2.97. The molecule has 3 rings (SSSR count). The maximum absolute atomic E-state index is 9.51. The van der Waals surface area contributed by atoms with Gasteiger partial charge in [-0.3, -0.25) is 0 Å². The van der Waals surface area contributed by atoms with Crippen LogP contribution < -0.4 is 0 Å². The monoisotopic (exact) mass is 254 g/mol. The van der Waals surface area contributed by atoms with Crippen LogP contribution in [0.3, 0.4) is 0 Å². The van der Waals surface area contributed by atoms with E-state index in [1.54, 1.807) is 6.07 Å². The molecular weight excluding hydrogens is 244 g/mol. The van der Waals surface area contributed by atoms with Gasteiger partial charge in [0.2, 0.25) is 0 Å². The fourth-order valence-corrected chi connectivity index (χ4v) is 2.43. The van der Waals surface area contributed by atoms with Gasteiger partial charge in [-0.15, -0.1) is 0 Å². The molecule has 0 aromatic heterocycles. The molecule has 0 bridgehead atoms. The normalized spacial score (nSPS) is 9.90. The fourth-order valence-electron chi connectivity index (χ4n) is 2.43. The zero-order chi connectivity index (χ0) is 13.9. The Kier molecular flexibility index (Phi) is 2.92. The quantitative estimate of drug-likeness (QED) is 0.651. The minimum atomic E-state index is 0.596. The van der Waals surface area contributed by atoms with Gasteiger partial charge >= 0.3 is 0 Å². The summed E-state index contributed by atoms with van der Waals surface area (Å²) >= 11 is 0. The van der Waals surface area contributed by atoms with Crippen molar-refractivity contribution in [3.63, 3.8) is 0 Å². The molecule has 20 heavy (non-hydrogen) atoms. The maximum Gasteiger partial charge on any atom is 0.100 e. The molecule has 0 atom stereocenters. The van der Waals surface area contributed by atoms with E-state index < -0.39 is 0 Å². The summed E-state index contributed by atoms with van der Waals surface area (Å²) in [6.45, 7) is 0. The average Bonchev–Trinajstić information content (AvgIpc) is 2.54. The van der Waals surface area contributed by atoms with Crippen LogP contribution in [0.5, 0.6) is 0 Å². The Bertz CT molecular complexity index is 866. The number of benzene rings is 3. The maximum atomic E-state index is 9.51. The molecule has 0 heterocycles. The summed E-state index contributed by atoms with van der Waals surface area (Å²) in [4.78, 5) is 0. The second kappa shape index (κ2) is 4.88. The molecule has 2 nitrogen and oxygen atoms in total. The molecule has 92 valence electrons. The van der Waals surface area contributed by atoms with Crippen LogP contribution in [0.25, 0.3) is 21.9 Å². The highest BCUT2D eigenvalue weighted by Crippen LogP contribution is 2.32. The van der Waals surface area contributed by atoms with Crippen LogP contribution in [0.2, 0.25) is 0 Å². The highest BCUT2D eigenvalue weighted by molar-refractivity contribution is 5.98. The molecule has 0 fully saturated rings. The fraction of sp³-hybridized carbons (Fsp3) is 0. The highest BCUT2D eigenvalue weighted by atomic mass is 14.3. The molecule has 3 aromatic rings. The Labute approximate surface area is 117 Å². The number of hydrogen-bond donors (Lipinski definition) is 0. The van der Waals surface area contributed by atoms with Crippen molar-refractivity contribution in [3.8, 4) is 23.3 Å². The number of fused-ring (bicyclic) bond motifs is 1. The number of hydrogen-bond acceptors (Lipinski definition) is 2. The van der Waals surface area contributed by atoms with Gasteiger partial charge in [0.1, 0.15) is 6.07 Å². The van der Waals surface area contributed by atoms with Gasteiger partial charge in [-0.05, 0) is 11.6 Å². The summed E-state index contributed by atoms with van der Waals surface area (Å²) in [7, 11) is 0. The van der Waals surface area contributed by atoms with Gasteiger partial charge in [0.25, 0.3) is 0 Å². The van der Waals surface area contributed by atoms with Gasteiger partial charge in [0, 0.05) is 16.3 Å². The van der Waals surface area contributed by atoms with Crippen LogP contribution in [0, 0.1) is 22.7 Å². The predicted molar refractivity (Wildman–Crippen MR) is 78.8 cm³/mol. The van der Waals surface area contributed by atoms with Crippen molar-refractivity contribution in [2.45, 2.75) is 0 Å². The first kappa shape index (κ1) is 12.0. The third kappa shape index (κ3) is 1.81. The molecule has 0 N–H and O–H groups in total. The number of nitriles is 2. The number of nitrogens with zero attached hydrogens (tertiary/aromatic N) is 2. The molecular formula is C18H10N2. The second-order valence-corrected chi connectivity index (χ2v) is 4.48. The standard InChI is InChI=1S/C18H10N2/c19-11-14-10-17(13-6-2-1-3-7-13)18(12-20)16-9-5-4-8-15(14)16/h1-10H. The van der Waals surface area contributed by atoms with Crippen LogP contribution >= 0.6 is 0 Å². The topological polar surface area (TPSA) is 47.6 Å². The van der Waals surface area contributed by atoms with E-state index >= 15 is 0 Å². The van der Waals surface area contributed by atoms with Crippen molar-refractivity contribution >= 4 is 10.8 Å². The first-order valence-corrected chi connectivity index (χ1v) is 6.26. The third-order valence-corrected chi connectivity index (χ3v) is 3.36. The van der Waals surface area contributed by atoms with Crippen molar-refractivity contribution in [1.82, 2.24) is 0 Å². The van der Waals surface area contributed by atoms with Gasteiger partial charge in [0.05, 0.1) is 17.2 Å². The van der Waals surface area contributed by atoms with Crippen molar-refractivity contribution in [2.24, 2.45) is 0 Å². The summed E-state index contributed by atoms with van der Waals surface area (Å²) in [5, 5.41) is 20.5. The Morgan fingerprint density at radius 1 is 0.700 bits per heavy atom. The zero-order valence-electron chi connectivity index (χ0n) is 10.7. The van der Waals surface area contributed by atoms with Crippen LogP contribution in [0.1, 0.15) is 11.1 Å². The van der Waals surface area contributed by atoms with E-state index in [0.717, 1.165) is 21.9 Å². The van der Waals surface area contributed by atoms with Crippen molar-refractivity contribution in [2.75, 3.05) is 0 Å². The first-order chi connectivity index (χ1) is 9.85. The van der Waals surface area contributed by atoms with Gasteiger partial charge in [-0.1, -0.05) is 54.6 Å². The second-order valence-electron chi connectivity index (χ2n) is 4.48. The van der Waals surface area contributed by atoms with Crippen molar-refractivity contribution in [3.05, 3.63) is 71.8 Å². The lowest BCUT2D eigenvalue weighted by Gasteiger charge is -2.09. The SMILES string of the molecule is N#Cc1cc(-c2ccccc2)c(C#N)c2ccccc12. The summed E-state index contributed by atoms with van der Waals surface area (Å²) < 4.78 is 0. The van der Waals surface area contributed by atoms with E-state index in [1.165, 1.54) is 0 Å². The number of rotatable bonds is 1. The van der Waals surface area contributed by atoms with Gasteiger partial charge in [-0.25, -0.2) is 0 Å². The molecule has 0 radical (unpaired) electrons. The largest absolute Gasteiger partial charge is 0.192 e. The van der Waals surface area contributed by atoms with Crippen LogP contribution in [0.15, 0.2) is 60.7 Å². The molecule has 0 saturated heterocycles. The minimum Gasteiger partial charge on any atom is -0.192 e. The summed E-state index contributed by atoms with van der Waals surface area (Å²) in [6.07, 6.45) is 0. The van der Waals surface area contributed by atoms with Crippen LogP contribution in [-0.4, -0.2) is 0 Å². The lowest BCUT2D eigenvalue weighted by molar-refractivity contribution is 1.47. The van der Waals surface area contributed by atoms with E-state index in [-0.39, 0.29) is 0 Å². The zero-order valence-corrected chi connectivity index (χ0v) is 10.7. The van der Waals surface area contributed by atoms with E-state index in [0.29, 0.717) is 11.1 Å². The molecule has 2 heteroatoms. The van der Waals surface area contributed by atoms with E-state index in [4.69, 9.17) is 0 Å². The van der Waals surface area contributed by atoms with Crippen LogP contribution in [-0.2, 0) is 0 Å². The van der Waals surface area contributed by atoms with Crippen molar-refractivity contribution in [1.29, 1.82) is 10.5 Å². The predicted octanol–water partition coefficient (Wildman–Crippen LogP) is 4.25. The third-order valence-electron chi connectivity index (χ3n) is 3.36. The van der Waals surface area contributed by atoms with E-state index in [1.807, 2.05) is 54.6 Å². The highest BCUT2D eigenvalue weighted by Gasteiger charge is 2.12. The molecule has 3 aromatic carbocycles. The summed E-state index contributed by atoms with van der Waals surface area (Å²) in [5.74, 6) is 0. The molecule has 0 saturated carbocycles. The van der Waals surface area contributed by atoms with Crippen LogP contribution in [0.4, 0.5) is 0 Å². The summed E-state index contributed by atoms with van der Waals surface area (Å²) in [6, 6.07) is 23.5. The molecule has 0 amide bonds. The lowest BCUT2D eigenvalue weighted by atomic mass is 9.92. The lowest BCUT2D eigenvalue weighted by Crippen LogP contribution is -1.90. The van der Waals surface area contributed by atoms with Gasteiger partial charge in [-0.2, -0.15) is 10.5 Å². The first-order valence-electron chi connectivity index (χ1n) is 6.26. The van der Waals surface area contributed by atoms with E-state index in [2.05, 4.69) is 12.1 Å². The molecule has 0 aliphatic heterocycles. The smallest absolute Gasteiger partial charge is 0.100 e. The molecule has 0 aliphatic carbocycles. The minimum absolute atomic E-state index is 0.596. The van der Waals surface area contributed by atoms with Crippen molar-refractivity contribution < 1.29 is 0 Å². The van der Waals surface area contributed by atoms with Gasteiger partial charge in [0.15, 0.2) is 0 Å².